The lowest BCUT2D eigenvalue weighted by Gasteiger charge is -2.26. The van der Waals surface area contributed by atoms with E-state index in [1.54, 1.807) is 0 Å². The van der Waals surface area contributed by atoms with E-state index in [2.05, 4.69) is 232 Å². The summed E-state index contributed by atoms with van der Waals surface area (Å²) in [6, 6.07) is 68.8. The Kier molecular flexibility index (Phi) is 15.1. The highest BCUT2D eigenvalue weighted by molar-refractivity contribution is 5.85. The number of nitrogens with zero attached hydrogens (tertiary/aromatic N) is 2. The Hall–Kier alpha value is -6.90. The van der Waals surface area contributed by atoms with Crippen LogP contribution in [0, 0.1) is 13.8 Å². The van der Waals surface area contributed by atoms with Crippen molar-refractivity contribution in [3.63, 3.8) is 0 Å². The van der Waals surface area contributed by atoms with Crippen molar-refractivity contribution in [3.05, 3.63) is 226 Å². The summed E-state index contributed by atoms with van der Waals surface area (Å²) < 4.78 is 0. The molecule has 4 aliphatic carbocycles. The van der Waals surface area contributed by atoms with Crippen molar-refractivity contribution in [2.45, 2.75) is 105 Å². The fourth-order valence-electron chi connectivity index (χ4n) is 9.80. The van der Waals surface area contributed by atoms with Crippen LogP contribution >= 0.6 is 0 Å². The molecule has 0 radical (unpaired) electrons. The minimum Gasteiger partial charge on any atom is -0.311 e. The van der Waals surface area contributed by atoms with Crippen molar-refractivity contribution in [1.29, 1.82) is 0 Å². The Balaban J connectivity index is 0.969. The van der Waals surface area contributed by atoms with Crippen LogP contribution in [-0.2, 0) is 25.7 Å². The van der Waals surface area contributed by atoms with Crippen LogP contribution in [0.1, 0.15) is 110 Å². The largest absolute Gasteiger partial charge is 0.311 e. The lowest BCUT2D eigenvalue weighted by atomic mass is 9.90. The highest BCUT2D eigenvalue weighted by atomic mass is 15.1. The van der Waals surface area contributed by atoms with Gasteiger partial charge in [0.05, 0.1) is 0 Å². The van der Waals surface area contributed by atoms with E-state index in [1.807, 2.05) is 0 Å². The van der Waals surface area contributed by atoms with Crippen molar-refractivity contribution in [3.8, 4) is 22.3 Å². The molecule has 2 nitrogen and oxygen atoms in total. The maximum Gasteiger partial charge on any atom is 0.0462 e. The number of aryl methyl sites for hydroxylation is 6. The third-order valence-corrected chi connectivity index (χ3v) is 13.9. The van der Waals surface area contributed by atoms with Gasteiger partial charge in [0.25, 0.3) is 0 Å². The Morgan fingerprint density at radius 2 is 0.809 bits per heavy atom. The van der Waals surface area contributed by atoms with Crippen LogP contribution in [0.4, 0.5) is 34.1 Å². The lowest BCUT2D eigenvalue weighted by molar-refractivity contribution is 0.667. The third-order valence-electron chi connectivity index (χ3n) is 13.9. The summed E-state index contributed by atoms with van der Waals surface area (Å²) in [5.41, 5.74) is 22.6. The maximum atomic E-state index is 2.42. The highest BCUT2D eigenvalue weighted by Crippen LogP contribution is 2.40. The number of unbranched alkanes of at least 4 members (excludes halogenated alkanes) is 6. The molecule has 0 aromatic heterocycles. The van der Waals surface area contributed by atoms with Crippen molar-refractivity contribution in [2.75, 3.05) is 9.80 Å². The minimum atomic E-state index is 0.960. The SMILES string of the molecule is CCCCCCc1ccc(N(c2ccc(C)cc2)c2ccc(-c3cc4ccc3C=Cc3ccc(c(-c5ccc(N(c6ccc(C)cc6)c6ccc(CCCCCC)cc6)cc5)c3)CC4)cc2)cc1. The molecule has 0 saturated heterocycles. The second-order valence-electron chi connectivity index (χ2n) is 19.1. The fourth-order valence-corrected chi connectivity index (χ4v) is 9.80. The Morgan fingerprint density at radius 3 is 1.28 bits per heavy atom. The zero-order chi connectivity index (χ0) is 46.7. The van der Waals surface area contributed by atoms with E-state index in [0.717, 1.165) is 37.1 Å². The molecule has 68 heavy (non-hydrogen) atoms. The number of hydrogen-bond donors (Lipinski definition) is 0. The standard InChI is InChI=1S/C66H68N2/c1-5-7-9-11-13-51-23-39-61(40-24-51)67(59-35-15-49(3)16-36-59)63-43-31-57(32-44-63)65-47-53-19-27-55(65)29-21-54-20-28-56(30-22-53)66(48-54)58-33-45-64(46-34-58)68(60-37-17-50(4)18-38-60)62-41-25-52(26-42-62)14-12-10-8-6-2/h15-21,23-29,31-48H,5-14,22,30H2,1-4H3. The zero-order valence-corrected chi connectivity index (χ0v) is 40.9. The number of hydrogen-bond acceptors (Lipinski definition) is 2. The molecule has 0 fully saturated rings. The Morgan fingerprint density at radius 1 is 0.368 bits per heavy atom. The van der Waals surface area contributed by atoms with Gasteiger partial charge in [0.15, 0.2) is 0 Å². The number of benzene rings is 8. The number of rotatable bonds is 18. The van der Waals surface area contributed by atoms with Crippen molar-refractivity contribution < 1.29 is 0 Å². The molecule has 0 aliphatic heterocycles. The first-order valence-electron chi connectivity index (χ1n) is 25.5. The molecule has 4 aliphatic rings. The molecule has 0 atom stereocenters. The first kappa shape index (κ1) is 46.2. The van der Waals surface area contributed by atoms with Crippen LogP contribution in [-0.4, -0.2) is 0 Å². The van der Waals surface area contributed by atoms with Gasteiger partial charge in [-0.15, -0.1) is 0 Å². The summed E-state index contributed by atoms with van der Waals surface area (Å²) in [7, 11) is 0. The topological polar surface area (TPSA) is 6.48 Å². The second-order valence-corrected chi connectivity index (χ2v) is 19.1. The summed E-state index contributed by atoms with van der Waals surface area (Å²) in [5, 5.41) is 0. The average molecular weight is 889 g/mol. The van der Waals surface area contributed by atoms with Crippen LogP contribution in [0.15, 0.2) is 182 Å². The first-order chi connectivity index (χ1) is 33.4. The van der Waals surface area contributed by atoms with Gasteiger partial charge in [0, 0.05) is 34.1 Å². The summed E-state index contributed by atoms with van der Waals surface area (Å²) in [4.78, 5) is 4.77. The fraction of sp³-hybridized carbons (Fsp3) is 0.242. The summed E-state index contributed by atoms with van der Waals surface area (Å²) >= 11 is 0. The van der Waals surface area contributed by atoms with E-state index in [4.69, 9.17) is 0 Å². The molecule has 342 valence electrons. The van der Waals surface area contributed by atoms with Gasteiger partial charge >= 0.3 is 0 Å². The molecular weight excluding hydrogens is 821 g/mol. The predicted octanol–water partition coefficient (Wildman–Crippen LogP) is 19.1. The van der Waals surface area contributed by atoms with Crippen LogP contribution in [0.5, 0.6) is 0 Å². The first-order valence-corrected chi connectivity index (χ1v) is 25.5. The molecule has 8 aromatic rings. The Bertz CT molecular complexity index is 2890. The smallest absolute Gasteiger partial charge is 0.0462 e. The van der Waals surface area contributed by atoms with E-state index in [9.17, 15) is 0 Å². The molecule has 0 saturated carbocycles. The maximum absolute atomic E-state index is 2.42. The van der Waals surface area contributed by atoms with Crippen molar-refractivity contribution in [1.82, 2.24) is 0 Å². The minimum absolute atomic E-state index is 0.960. The molecular formula is C66H68N2. The van der Waals surface area contributed by atoms with Gasteiger partial charge in [-0.1, -0.05) is 179 Å². The Labute approximate surface area is 407 Å². The van der Waals surface area contributed by atoms with Crippen LogP contribution in [0.25, 0.3) is 34.4 Å². The molecule has 0 unspecified atom stereocenters. The second kappa shape index (κ2) is 22.3. The van der Waals surface area contributed by atoms with E-state index < -0.39 is 0 Å². The van der Waals surface area contributed by atoms with Crippen LogP contribution in [0.2, 0.25) is 0 Å². The molecule has 0 spiro atoms. The summed E-state index contributed by atoms with van der Waals surface area (Å²) in [6.07, 6.45) is 19.1. The summed E-state index contributed by atoms with van der Waals surface area (Å²) in [6.45, 7) is 8.86. The molecule has 4 bridgehead atoms. The van der Waals surface area contributed by atoms with Crippen LogP contribution < -0.4 is 9.80 Å². The van der Waals surface area contributed by atoms with E-state index >= 15 is 0 Å². The van der Waals surface area contributed by atoms with Crippen molar-refractivity contribution in [2.24, 2.45) is 0 Å². The van der Waals surface area contributed by atoms with Crippen molar-refractivity contribution >= 4 is 46.3 Å². The monoisotopic (exact) mass is 889 g/mol. The van der Waals surface area contributed by atoms with Gasteiger partial charge in [-0.25, -0.2) is 0 Å². The van der Waals surface area contributed by atoms with Gasteiger partial charge < -0.3 is 9.80 Å². The average Bonchev–Trinajstić information content (AvgIpc) is 3.37. The summed E-state index contributed by atoms with van der Waals surface area (Å²) in [5.74, 6) is 0. The quantitative estimate of drug-likeness (QED) is 0.0792. The van der Waals surface area contributed by atoms with Crippen LogP contribution in [0.3, 0.4) is 0 Å². The number of anilines is 6. The molecule has 2 heteroatoms. The van der Waals surface area contributed by atoms with Gasteiger partial charge in [-0.3, -0.25) is 0 Å². The van der Waals surface area contributed by atoms with Gasteiger partial charge in [0.1, 0.15) is 0 Å². The van der Waals surface area contributed by atoms with Gasteiger partial charge in [0.2, 0.25) is 0 Å². The van der Waals surface area contributed by atoms with E-state index in [1.165, 1.54) is 141 Å². The highest BCUT2D eigenvalue weighted by Gasteiger charge is 2.17. The predicted molar refractivity (Wildman–Crippen MR) is 295 cm³/mol. The molecule has 0 amide bonds. The van der Waals surface area contributed by atoms with E-state index in [-0.39, 0.29) is 0 Å². The normalized spacial score (nSPS) is 11.9. The molecule has 0 N–H and O–H groups in total. The third kappa shape index (κ3) is 11.3. The molecule has 0 heterocycles. The zero-order valence-electron chi connectivity index (χ0n) is 40.9. The lowest BCUT2D eigenvalue weighted by Crippen LogP contribution is -2.10. The van der Waals surface area contributed by atoms with Gasteiger partial charge in [-0.2, -0.15) is 0 Å². The van der Waals surface area contributed by atoms with E-state index in [0.29, 0.717) is 0 Å². The van der Waals surface area contributed by atoms with Gasteiger partial charge in [-0.05, 0) is 187 Å². The molecule has 8 aromatic carbocycles. The molecule has 12 rings (SSSR count).